The van der Waals surface area contributed by atoms with Gasteiger partial charge in [-0.05, 0) is 19.1 Å². The molecule has 0 aromatic carbocycles. The average Bonchev–Trinajstić information content (AvgIpc) is 2.60. The van der Waals surface area contributed by atoms with Crippen LogP contribution in [0.25, 0.3) is 5.65 Å². The van der Waals surface area contributed by atoms with Gasteiger partial charge in [0, 0.05) is 16.7 Å². The van der Waals surface area contributed by atoms with Gasteiger partial charge in [-0.15, -0.1) is 10.2 Å². The number of rotatable bonds is 1. The van der Waals surface area contributed by atoms with Crippen LogP contribution in [0.3, 0.4) is 0 Å². The van der Waals surface area contributed by atoms with E-state index in [1.54, 1.807) is 12.1 Å². The normalized spacial score (nSPS) is 12.0. The molecule has 17 heavy (non-hydrogen) atoms. The highest BCUT2D eigenvalue weighted by Gasteiger charge is 2.22. The van der Waals surface area contributed by atoms with Crippen LogP contribution in [-0.2, 0) is 5.41 Å². The molecule has 1 amide bonds. The highest BCUT2D eigenvalue weighted by Crippen LogP contribution is 2.22. The van der Waals surface area contributed by atoms with Crippen LogP contribution in [0.2, 0.25) is 0 Å². The molecule has 0 aliphatic heterocycles. The Bertz CT molecular complexity index is 592. The van der Waals surface area contributed by atoms with E-state index in [0.717, 1.165) is 11.5 Å². The minimum absolute atomic E-state index is 0.0988. The molecule has 90 valence electrons. The molecule has 0 saturated carbocycles. The summed E-state index contributed by atoms with van der Waals surface area (Å²) in [6, 6.07) is 3.42. The summed E-state index contributed by atoms with van der Waals surface area (Å²) in [7, 11) is 0. The molecule has 0 radical (unpaired) electrons. The number of carbonyl (C=O) groups is 1. The zero-order valence-corrected chi connectivity index (χ0v) is 10.5. The number of carbonyl (C=O) groups excluding carboxylic acids is 1. The van der Waals surface area contributed by atoms with Crippen LogP contribution in [0, 0.1) is 6.92 Å². The van der Waals surface area contributed by atoms with E-state index in [1.807, 2.05) is 11.3 Å². The number of amides is 1. The third-order valence-corrected chi connectivity index (χ3v) is 2.65. The van der Waals surface area contributed by atoms with Crippen LogP contribution in [0.1, 0.15) is 42.6 Å². The van der Waals surface area contributed by atoms with Crippen molar-refractivity contribution in [3.05, 3.63) is 29.2 Å². The maximum Gasteiger partial charge on any atom is 0.248 e. The molecule has 0 atom stereocenters. The Morgan fingerprint density at radius 3 is 2.47 bits per heavy atom. The fourth-order valence-corrected chi connectivity index (χ4v) is 1.84. The molecule has 0 aliphatic rings. The SMILES string of the molecule is Cc1cc(C(N)=O)cc2nnc(C(C)(C)C)n12. The van der Waals surface area contributed by atoms with Gasteiger partial charge in [0.25, 0.3) is 0 Å². The molecule has 5 nitrogen and oxygen atoms in total. The minimum atomic E-state index is -0.448. The van der Waals surface area contributed by atoms with Crippen LogP contribution >= 0.6 is 0 Å². The molecule has 2 N–H and O–H groups in total. The van der Waals surface area contributed by atoms with E-state index in [-0.39, 0.29) is 5.41 Å². The summed E-state index contributed by atoms with van der Waals surface area (Å²) < 4.78 is 1.95. The Hall–Kier alpha value is -1.91. The minimum Gasteiger partial charge on any atom is -0.366 e. The van der Waals surface area contributed by atoms with Crippen molar-refractivity contribution in [1.82, 2.24) is 14.6 Å². The quantitative estimate of drug-likeness (QED) is 0.808. The van der Waals surface area contributed by atoms with Crippen LogP contribution in [0.15, 0.2) is 12.1 Å². The molecule has 0 saturated heterocycles. The Kier molecular flexibility index (Phi) is 2.41. The van der Waals surface area contributed by atoms with Crippen molar-refractivity contribution in [2.75, 3.05) is 0 Å². The van der Waals surface area contributed by atoms with Gasteiger partial charge in [-0.25, -0.2) is 0 Å². The molecular weight excluding hydrogens is 216 g/mol. The van der Waals surface area contributed by atoms with Gasteiger partial charge in [-0.1, -0.05) is 20.8 Å². The highest BCUT2D eigenvalue weighted by molar-refractivity contribution is 5.93. The molecule has 0 fully saturated rings. The predicted octanol–water partition coefficient (Wildman–Crippen LogP) is 1.43. The zero-order valence-electron chi connectivity index (χ0n) is 10.5. The fraction of sp³-hybridized carbons (Fsp3) is 0.417. The molecule has 5 heteroatoms. The molecule has 0 unspecified atom stereocenters. The number of nitrogens with zero attached hydrogens (tertiary/aromatic N) is 3. The van der Waals surface area contributed by atoms with Gasteiger partial charge >= 0.3 is 0 Å². The average molecular weight is 232 g/mol. The van der Waals surface area contributed by atoms with Crippen LogP contribution in [0.5, 0.6) is 0 Å². The summed E-state index contributed by atoms with van der Waals surface area (Å²) in [6.07, 6.45) is 0. The van der Waals surface area contributed by atoms with E-state index in [9.17, 15) is 4.79 Å². The lowest BCUT2D eigenvalue weighted by atomic mass is 9.95. The van der Waals surface area contributed by atoms with Crippen molar-refractivity contribution in [2.45, 2.75) is 33.1 Å². The van der Waals surface area contributed by atoms with Crippen LogP contribution in [-0.4, -0.2) is 20.5 Å². The van der Waals surface area contributed by atoms with Crippen molar-refractivity contribution >= 4 is 11.6 Å². The highest BCUT2D eigenvalue weighted by atomic mass is 16.1. The van der Waals surface area contributed by atoms with Gasteiger partial charge < -0.3 is 5.73 Å². The summed E-state index contributed by atoms with van der Waals surface area (Å²) >= 11 is 0. The Morgan fingerprint density at radius 1 is 1.29 bits per heavy atom. The Labute approximate surface area is 99.6 Å². The second-order valence-corrected chi connectivity index (χ2v) is 5.22. The number of aromatic nitrogens is 3. The predicted molar refractivity (Wildman–Crippen MR) is 64.9 cm³/mol. The van der Waals surface area contributed by atoms with Crippen molar-refractivity contribution in [1.29, 1.82) is 0 Å². The largest absolute Gasteiger partial charge is 0.366 e. The summed E-state index contributed by atoms with van der Waals surface area (Å²) in [6.45, 7) is 8.14. The lowest BCUT2D eigenvalue weighted by Gasteiger charge is -2.17. The van der Waals surface area contributed by atoms with Gasteiger partial charge in [0.15, 0.2) is 5.65 Å². The van der Waals surface area contributed by atoms with E-state index >= 15 is 0 Å². The van der Waals surface area contributed by atoms with Crippen LogP contribution in [0.4, 0.5) is 0 Å². The molecule has 0 aliphatic carbocycles. The van der Waals surface area contributed by atoms with Crippen molar-refractivity contribution in [3.8, 4) is 0 Å². The van der Waals surface area contributed by atoms with Gasteiger partial charge in [-0.2, -0.15) is 0 Å². The smallest absolute Gasteiger partial charge is 0.248 e. The van der Waals surface area contributed by atoms with E-state index in [4.69, 9.17) is 5.73 Å². The number of hydrogen-bond donors (Lipinski definition) is 1. The molecule has 2 aromatic heterocycles. The Balaban J connectivity index is 2.76. The van der Waals surface area contributed by atoms with E-state index in [1.165, 1.54) is 0 Å². The lowest BCUT2D eigenvalue weighted by Crippen LogP contribution is -2.18. The summed E-state index contributed by atoms with van der Waals surface area (Å²) in [5, 5.41) is 8.28. The first-order chi connectivity index (χ1) is 7.80. The number of nitrogens with two attached hydrogens (primary N) is 1. The zero-order chi connectivity index (χ0) is 12.8. The second-order valence-electron chi connectivity index (χ2n) is 5.22. The number of primary amides is 1. The first-order valence-electron chi connectivity index (χ1n) is 5.47. The monoisotopic (exact) mass is 232 g/mol. The molecule has 2 heterocycles. The van der Waals surface area contributed by atoms with Gasteiger partial charge in [-0.3, -0.25) is 9.20 Å². The van der Waals surface area contributed by atoms with Gasteiger partial charge in [0.1, 0.15) is 5.82 Å². The molecule has 0 spiro atoms. The van der Waals surface area contributed by atoms with E-state index in [2.05, 4.69) is 31.0 Å². The number of fused-ring (bicyclic) bond motifs is 1. The van der Waals surface area contributed by atoms with Crippen molar-refractivity contribution in [3.63, 3.8) is 0 Å². The number of pyridine rings is 1. The Morgan fingerprint density at radius 2 is 1.94 bits per heavy atom. The first kappa shape index (κ1) is 11.6. The van der Waals surface area contributed by atoms with Crippen molar-refractivity contribution < 1.29 is 4.79 Å². The lowest BCUT2D eigenvalue weighted by molar-refractivity contribution is 0.1000. The number of aryl methyl sites for hydroxylation is 1. The molecule has 2 aromatic rings. The van der Waals surface area contributed by atoms with E-state index in [0.29, 0.717) is 11.2 Å². The molecule has 2 rings (SSSR count). The third-order valence-electron chi connectivity index (χ3n) is 2.65. The third kappa shape index (κ3) is 1.88. The van der Waals surface area contributed by atoms with Gasteiger partial charge in [0.2, 0.25) is 5.91 Å². The first-order valence-corrected chi connectivity index (χ1v) is 5.47. The molecule has 0 bridgehead atoms. The molecular formula is C12H16N4O. The maximum atomic E-state index is 11.2. The standard InChI is InChI=1S/C12H16N4O/c1-7-5-8(10(13)17)6-9-14-15-11(16(7)9)12(2,3)4/h5-6H,1-4H3,(H2,13,17). The summed E-state index contributed by atoms with van der Waals surface area (Å²) in [4.78, 5) is 11.2. The van der Waals surface area contributed by atoms with Gasteiger partial charge in [0.05, 0.1) is 0 Å². The topological polar surface area (TPSA) is 73.3 Å². The van der Waals surface area contributed by atoms with Crippen LogP contribution < -0.4 is 5.73 Å². The number of hydrogen-bond acceptors (Lipinski definition) is 3. The fourth-order valence-electron chi connectivity index (χ4n) is 1.84. The maximum absolute atomic E-state index is 11.2. The second kappa shape index (κ2) is 3.55. The summed E-state index contributed by atoms with van der Waals surface area (Å²) in [5.74, 6) is 0.428. The van der Waals surface area contributed by atoms with E-state index < -0.39 is 5.91 Å². The van der Waals surface area contributed by atoms with Crippen molar-refractivity contribution in [2.24, 2.45) is 5.73 Å². The summed E-state index contributed by atoms with van der Waals surface area (Å²) in [5.41, 5.74) is 7.20.